The van der Waals surface area contributed by atoms with E-state index < -0.39 is 5.97 Å². The maximum atomic E-state index is 10.3. The predicted octanol–water partition coefficient (Wildman–Crippen LogP) is 5.77. The van der Waals surface area contributed by atoms with E-state index in [0.29, 0.717) is 12.2 Å². The summed E-state index contributed by atoms with van der Waals surface area (Å²) in [4.78, 5) is 10.3. The van der Waals surface area contributed by atoms with Crippen molar-refractivity contribution < 1.29 is 15.0 Å². The summed E-state index contributed by atoms with van der Waals surface area (Å²) in [7, 11) is 0. The van der Waals surface area contributed by atoms with Crippen LogP contribution in [0, 0.1) is 0 Å². The van der Waals surface area contributed by atoms with Crippen molar-refractivity contribution in [2.75, 3.05) is 0 Å². The van der Waals surface area contributed by atoms with Crippen LogP contribution in [0.15, 0.2) is 24.0 Å². The molecule has 0 amide bonds. The number of aliphatic hydroxyl groups excluding tert-OH is 1. The van der Waals surface area contributed by atoms with Gasteiger partial charge in [-0.25, -0.2) is 0 Å². The third kappa shape index (κ3) is 16.7. The predicted molar refractivity (Wildman–Crippen MR) is 88.6 cm³/mol. The van der Waals surface area contributed by atoms with E-state index in [1.165, 1.54) is 19.3 Å². The van der Waals surface area contributed by atoms with Gasteiger partial charge < -0.3 is 10.2 Å². The lowest BCUT2D eigenvalue weighted by molar-refractivity contribution is -0.137. The highest BCUT2D eigenvalue weighted by molar-refractivity contribution is 5.66. The van der Waals surface area contributed by atoms with Crippen molar-refractivity contribution in [3.05, 3.63) is 24.0 Å². The van der Waals surface area contributed by atoms with Crippen LogP contribution in [-0.4, -0.2) is 16.2 Å². The number of aliphatic hydroxyl groups is 1. The zero-order valence-electron chi connectivity index (χ0n) is 13.5. The molecule has 2 N–H and O–H groups in total. The maximum absolute atomic E-state index is 10.3. The molecule has 0 aliphatic carbocycles. The van der Waals surface area contributed by atoms with Crippen LogP contribution in [0.1, 0.15) is 84.0 Å². The Morgan fingerprint density at radius 3 is 2.24 bits per heavy atom. The standard InChI is InChI=1S/C18H32O3/c1-2-3-4-5-8-11-14-17(19)15-12-9-6-7-10-13-16-18(20)21/h8,11,15,19H,2-7,9-10,12-14,16H2,1H3,(H,20,21)/b11-8-,17-15+. The Labute approximate surface area is 129 Å². The van der Waals surface area contributed by atoms with Crippen LogP contribution in [0.5, 0.6) is 0 Å². The minimum absolute atomic E-state index is 0.283. The van der Waals surface area contributed by atoms with Crippen molar-refractivity contribution in [1.82, 2.24) is 0 Å². The summed E-state index contributed by atoms with van der Waals surface area (Å²) >= 11 is 0. The molecule has 0 radical (unpaired) electrons. The van der Waals surface area contributed by atoms with Crippen molar-refractivity contribution in [2.45, 2.75) is 84.0 Å². The van der Waals surface area contributed by atoms with Gasteiger partial charge in [0.1, 0.15) is 0 Å². The monoisotopic (exact) mass is 296 g/mol. The molecule has 0 aromatic rings. The van der Waals surface area contributed by atoms with Gasteiger partial charge in [-0.05, 0) is 38.2 Å². The van der Waals surface area contributed by atoms with E-state index in [4.69, 9.17) is 5.11 Å². The Kier molecular flexibility index (Phi) is 14.2. The summed E-state index contributed by atoms with van der Waals surface area (Å²) in [6, 6.07) is 0. The molecule has 21 heavy (non-hydrogen) atoms. The fraction of sp³-hybridized carbons (Fsp3) is 0.722. The van der Waals surface area contributed by atoms with E-state index in [-0.39, 0.29) is 6.42 Å². The Morgan fingerprint density at radius 2 is 1.52 bits per heavy atom. The number of hydrogen-bond acceptors (Lipinski definition) is 2. The topological polar surface area (TPSA) is 57.5 Å². The first-order valence-electron chi connectivity index (χ1n) is 8.41. The van der Waals surface area contributed by atoms with Crippen LogP contribution in [0.4, 0.5) is 0 Å². The molecule has 0 saturated carbocycles. The molecule has 0 heterocycles. The zero-order chi connectivity index (χ0) is 15.8. The number of carboxylic acid groups (broad SMARTS) is 1. The molecule has 0 aromatic carbocycles. The molecule has 3 heteroatoms. The quantitative estimate of drug-likeness (QED) is 0.243. The molecule has 0 unspecified atom stereocenters. The first kappa shape index (κ1) is 19.8. The van der Waals surface area contributed by atoms with E-state index in [0.717, 1.165) is 44.9 Å². The molecule has 0 atom stereocenters. The molecule has 0 aromatic heterocycles. The minimum atomic E-state index is -0.703. The lowest BCUT2D eigenvalue weighted by Crippen LogP contribution is -1.93. The second-order valence-corrected chi connectivity index (χ2v) is 5.57. The second-order valence-electron chi connectivity index (χ2n) is 5.57. The van der Waals surface area contributed by atoms with E-state index in [1.807, 2.05) is 12.2 Å². The number of allylic oxidation sites excluding steroid dienone is 3. The highest BCUT2D eigenvalue weighted by Crippen LogP contribution is 2.09. The Balaban J connectivity index is 3.41. The summed E-state index contributed by atoms with van der Waals surface area (Å²) in [5, 5.41) is 18.2. The van der Waals surface area contributed by atoms with Crippen LogP contribution in [0.2, 0.25) is 0 Å². The summed E-state index contributed by atoms with van der Waals surface area (Å²) in [6.07, 6.45) is 17.8. The third-order valence-corrected chi connectivity index (χ3v) is 3.44. The van der Waals surface area contributed by atoms with Crippen LogP contribution < -0.4 is 0 Å². The molecule has 122 valence electrons. The fourth-order valence-electron chi connectivity index (χ4n) is 2.14. The van der Waals surface area contributed by atoms with Gasteiger partial charge in [0.2, 0.25) is 0 Å². The van der Waals surface area contributed by atoms with E-state index in [1.54, 1.807) is 0 Å². The maximum Gasteiger partial charge on any atom is 0.303 e. The lowest BCUT2D eigenvalue weighted by Gasteiger charge is -1.99. The summed E-state index contributed by atoms with van der Waals surface area (Å²) in [5.41, 5.74) is 0. The fourth-order valence-corrected chi connectivity index (χ4v) is 2.14. The van der Waals surface area contributed by atoms with Gasteiger partial charge in [0, 0.05) is 12.8 Å². The number of aliphatic carboxylic acids is 1. The van der Waals surface area contributed by atoms with Gasteiger partial charge in [-0.15, -0.1) is 0 Å². The highest BCUT2D eigenvalue weighted by Gasteiger charge is 1.96. The average molecular weight is 296 g/mol. The lowest BCUT2D eigenvalue weighted by atomic mass is 10.1. The summed E-state index contributed by atoms with van der Waals surface area (Å²) < 4.78 is 0. The zero-order valence-corrected chi connectivity index (χ0v) is 13.5. The number of carboxylic acids is 1. The minimum Gasteiger partial charge on any atom is -0.512 e. The molecule has 0 bridgehead atoms. The molecule has 3 nitrogen and oxygen atoms in total. The van der Waals surface area contributed by atoms with Gasteiger partial charge in [-0.1, -0.05) is 51.2 Å². The van der Waals surface area contributed by atoms with Crippen molar-refractivity contribution in [1.29, 1.82) is 0 Å². The average Bonchev–Trinajstić information content (AvgIpc) is 2.45. The Bertz CT molecular complexity index is 306. The third-order valence-electron chi connectivity index (χ3n) is 3.44. The van der Waals surface area contributed by atoms with Gasteiger partial charge in [-0.2, -0.15) is 0 Å². The molecular weight excluding hydrogens is 264 g/mol. The van der Waals surface area contributed by atoms with Crippen molar-refractivity contribution in [3.63, 3.8) is 0 Å². The molecule has 0 rings (SSSR count). The number of hydrogen-bond donors (Lipinski definition) is 2. The molecule has 0 saturated heterocycles. The van der Waals surface area contributed by atoms with Gasteiger partial charge in [-0.3, -0.25) is 4.79 Å². The van der Waals surface area contributed by atoms with Gasteiger partial charge in [0.25, 0.3) is 0 Å². The van der Waals surface area contributed by atoms with Crippen LogP contribution >= 0.6 is 0 Å². The van der Waals surface area contributed by atoms with Crippen molar-refractivity contribution in [3.8, 4) is 0 Å². The molecule has 0 aliphatic heterocycles. The summed E-state index contributed by atoms with van der Waals surface area (Å²) in [5.74, 6) is -0.238. The van der Waals surface area contributed by atoms with Crippen LogP contribution in [0.3, 0.4) is 0 Å². The van der Waals surface area contributed by atoms with Crippen molar-refractivity contribution >= 4 is 5.97 Å². The second kappa shape index (κ2) is 15.1. The van der Waals surface area contributed by atoms with Crippen LogP contribution in [-0.2, 0) is 4.79 Å². The van der Waals surface area contributed by atoms with E-state index in [2.05, 4.69) is 13.0 Å². The highest BCUT2D eigenvalue weighted by atomic mass is 16.4. The van der Waals surface area contributed by atoms with Gasteiger partial charge in [0.05, 0.1) is 5.76 Å². The normalized spacial score (nSPS) is 12.1. The first-order chi connectivity index (χ1) is 10.2. The van der Waals surface area contributed by atoms with E-state index in [9.17, 15) is 9.90 Å². The molecule has 0 spiro atoms. The van der Waals surface area contributed by atoms with Gasteiger partial charge in [0.15, 0.2) is 0 Å². The van der Waals surface area contributed by atoms with Crippen LogP contribution in [0.25, 0.3) is 0 Å². The number of unbranched alkanes of at least 4 members (excludes halogenated alkanes) is 8. The molecular formula is C18H32O3. The van der Waals surface area contributed by atoms with Crippen molar-refractivity contribution in [2.24, 2.45) is 0 Å². The largest absolute Gasteiger partial charge is 0.512 e. The molecule has 0 aliphatic rings. The molecule has 0 fully saturated rings. The van der Waals surface area contributed by atoms with Gasteiger partial charge >= 0.3 is 5.97 Å². The Morgan fingerprint density at radius 1 is 0.857 bits per heavy atom. The SMILES string of the molecule is CCCCC/C=C\C/C(O)=C\CCCCCCCC(=O)O. The smallest absolute Gasteiger partial charge is 0.303 e. The number of carbonyl (C=O) groups is 1. The van der Waals surface area contributed by atoms with E-state index >= 15 is 0 Å². The summed E-state index contributed by atoms with van der Waals surface area (Å²) in [6.45, 7) is 2.20. The number of rotatable bonds is 14. The first-order valence-corrected chi connectivity index (χ1v) is 8.41. The Hall–Kier alpha value is -1.25.